The fraction of sp³-hybridized carbons (Fsp3) is 0.611. The van der Waals surface area contributed by atoms with Crippen molar-refractivity contribution in [2.24, 2.45) is 0 Å². The summed E-state index contributed by atoms with van der Waals surface area (Å²) in [4.78, 5) is 14.9. The molecule has 1 aromatic rings. The van der Waals surface area contributed by atoms with Crippen LogP contribution in [-0.2, 0) is 20.0 Å². The summed E-state index contributed by atoms with van der Waals surface area (Å²) in [5, 5.41) is -0.318. The third-order valence-electron chi connectivity index (χ3n) is 4.92. The number of carbonyl (C=O) groups is 1. The van der Waals surface area contributed by atoms with Gasteiger partial charge in [-0.3, -0.25) is 4.79 Å². The number of likely N-dealkylation sites (tertiary alicyclic amines) is 1. The first-order valence-corrected chi connectivity index (χ1v) is 10.1. The van der Waals surface area contributed by atoms with Crippen LogP contribution in [0.15, 0.2) is 24.3 Å². The Balaban J connectivity index is 2.18. The van der Waals surface area contributed by atoms with E-state index < -0.39 is 15.3 Å². The van der Waals surface area contributed by atoms with Gasteiger partial charge >= 0.3 is 0 Å². The highest BCUT2D eigenvalue weighted by Gasteiger charge is 2.36. The molecule has 1 atom stereocenters. The van der Waals surface area contributed by atoms with Crippen LogP contribution in [0, 0.1) is 6.92 Å². The van der Waals surface area contributed by atoms with Crippen LogP contribution in [0.3, 0.4) is 0 Å². The standard InChI is InChI=1S/C18H27NO3S/c1-14-8-5-6-10-16(14)18(2,3)17(20)19-12-7-9-15(11-13-19)23(4,21)22/h5-6,8,10,15H,7,9,11-13H2,1-4H3. The van der Waals surface area contributed by atoms with E-state index in [0.717, 1.165) is 17.5 Å². The Labute approximate surface area is 139 Å². The van der Waals surface area contributed by atoms with Gasteiger partial charge in [-0.2, -0.15) is 0 Å². The Morgan fingerprint density at radius 2 is 1.83 bits per heavy atom. The molecule has 1 unspecified atom stereocenters. The fourth-order valence-corrected chi connectivity index (χ4v) is 4.61. The van der Waals surface area contributed by atoms with Crippen molar-refractivity contribution >= 4 is 15.7 Å². The van der Waals surface area contributed by atoms with Gasteiger partial charge < -0.3 is 4.90 Å². The summed E-state index contributed by atoms with van der Waals surface area (Å²) in [6, 6.07) is 7.96. The van der Waals surface area contributed by atoms with E-state index in [9.17, 15) is 13.2 Å². The van der Waals surface area contributed by atoms with Gasteiger partial charge in [-0.25, -0.2) is 8.42 Å². The molecule has 0 radical (unpaired) electrons. The van der Waals surface area contributed by atoms with Crippen molar-refractivity contribution in [1.82, 2.24) is 4.90 Å². The molecule has 0 aromatic heterocycles. The number of aryl methyl sites for hydroxylation is 1. The van der Waals surface area contributed by atoms with Crippen molar-refractivity contribution in [3.63, 3.8) is 0 Å². The molecule has 1 aliphatic heterocycles. The average Bonchev–Trinajstić information content (AvgIpc) is 2.72. The Morgan fingerprint density at radius 3 is 2.43 bits per heavy atom. The molecular formula is C18H27NO3S. The Bertz CT molecular complexity index is 679. The third kappa shape index (κ3) is 3.94. The lowest BCUT2D eigenvalue weighted by molar-refractivity contribution is -0.136. The molecule has 1 amide bonds. The van der Waals surface area contributed by atoms with Gasteiger partial charge in [0.25, 0.3) is 0 Å². The molecule has 1 heterocycles. The molecule has 5 heteroatoms. The zero-order valence-electron chi connectivity index (χ0n) is 14.5. The summed E-state index contributed by atoms with van der Waals surface area (Å²) in [6.45, 7) is 7.09. The number of sulfone groups is 1. The monoisotopic (exact) mass is 337 g/mol. The molecule has 1 aromatic carbocycles. The van der Waals surface area contributed by atoms with Gasteiger partial charge in [-0.05, 0) is 51.2 Å². The van der Waals surface area contributed by atoms with E-state index in [1.165, 1.54) is 6.26 Å². The van der Waals surface area contributed by atoms with E-state index >= 15 is 0 Å². The van der Waals surface area contributed by atoms with Crippen LogP contribution in [-0.4, -0.2) is 43.8 Å². The van der Waals surface area contributed by atoms with Crippen molar-refractivity contribution in [3.05, 3.63) is 35.4 Å². The lowest BCUT2D eigenvalue weighted by Gasteiger charge is -2.32. The minimum absolute atomic E-state index is 0.0842. The highest BCUT2D eigenvalue weighted by atomic mass is 32.2. The summed E-state index contributed by atoms with van der Waals surface area (Å²) in [5.74, 6) is 0.0842. The summed E-state index contributed by atoms with van der Waals surface area (Å²) in [6.07, 6.45) is 3.22. The van der Waals surface area contributed by atoms with E-state index in [0.29, 0.717) is 25.9 Å². The second-order valence-corrected chi connectivity index (χ2v) is 9.44. The van der Waals surface area contributed by atoms with E-state index in [-0.39, 0.29) is 11.2 Å². The third-order valence-corrected chi connectivity index (χ3v) is 6.60. The smallest absolute Gasteiger partial charge is 0.232 e. The molecule has 128 valence electrons. The second kappa shape index (κ2) is 6.63. The first-order valence-electron chi connectivity index (χ1n) is 8.18. The number of carbonyl (C=O) groups excluding carboxylic acids is 1. The molecule has 2 rings (SSSR count). The molecular weight excluding hydrogens is 310 g/mol. The van der Waals surface area contributed by atoms with Crippen molar-refractivity contribution in [2.45, 2.75) is 50.7 Å². The second-order valence-electron chi connectivity index (χ2n) is 7.11. The van der Waals surface area contributed by atoms with Crippen LogP contribution >= 0.6 is 0 Å². The van der Waals surface area contributed by atoms with Crippen molar-refractivity contribution < 1.29 is 13.2 Å². The Hall–Kier alpha value is -1.36. The van der Waals surface area contributed by atoms with Crippen molar-refractivity contribution in [1.29, 1.82) is 0 Å². The maximum absolute atomic E-state index is 13.1. The molecule has 1 saturated heterocycles. The van der Waals surface area contributed by atoms with Gasteiger partial charge in [0, 0.05) is 19.3 Å². The topological polar surface area (TPSA) is 54.5 Å². The predicted molar refractivity (Wildman–Crippen MR) is 93.3 cm³/mol. The summed E-state index contributed by atoms with van der Waals surface area (Å²) < 4.78 is 23.6. The minimum Gasteiger partial charge on any atom is -0.342 e. The number of nitrogens with zero attached hydrogens (tertiary/aromatic N) is 1. The zero-order valence-corrected chi connectivity index (χ0v) is 15.3. The van der Waals surface area contributed by atoms with E-state index in [2.05, 4.69) is 0 Å². The van der Waals surface area contributed by atoms with Crippen LogP contribution in [0.2, 0.25) is 0 Å². The van der Waals surface area contributed by atoms with Gasteiger partial charge in [0.1, 0.15) is 9.84 Å². The highest BCUT2D eigenvalue weighted by molar-refractivity contribution is 7.91. The fourth-order valence-electron chi connectivity index (χ4n) is 3.48. The Kier molecular flexibility index (Phi) is 5.19. The maximum Gasteiger partial charge on any atom is 0.232 e. The SMILES string of the molecule is Cc1ccccc1C(C)(C)C(=O)N1CCCC(S(C)(=O)=O)CC1. The summed E-state index contributed by atoms with van der Waals surface area (Å²) >= 11 is 0. The molecule has 1 fully saturated rings. The largest absolute Gasteiger partial charge is 0.342 e. The van der Waals surface area contributed by atoms with Crippen LogP contribution < -0.4 is 0 Å². The predicted octanol–water partition coefficient (Wildman–Crippen LogP) is 2.70. The van der Waals surface area contributed by atoms with Crippen molar-refractivity contribution in [3.8, 4) is 0 Å². The quantitative estimate of drug-likeness (QED) is 0.852. The van der Waals surface area contributed by atoms with Gasteiger partial charge in [0.2, 0.25) is 5.91 Å². The summed E-state index contributed by atoms with van der Waals surface area (Å²) in [5.41, 5.74) is 1.54. The van der Waals surface area contributed by atoms with Crippen molar-refractivity contribution in [2.75, 3.05) is 19.3 Å². The number of amides is 1. The van der Waals surface area contributed by atoms with Crippen LogP contribution in [0.1, 0.15) is 44.2 Å². The average molecular weight is 337 g/mol. The number of rotatable bonds is 3. The molecule has 0 N–H and O–H groups in total. The number of hydrogen-bond acceptors (Lipinski definition) is 3. The Morgan fingerprint density at radius 1 is 1.17 bits per heavy atom. The lowest BCUT2D eigenvalue weighted by Crippen LogP contribution is -2.44. The zero-order chi connectivity index (χ0) is 17.3. The van der Waals surface area contributed by atoms with Crippen LogP contribution in [0.25, 0.3) is 0 Å². The first kappa shape index (κ1) is 18.0. The lowest BCUT2D eigenvalue weighted by atomic mass is 9.80. The van der Waals surface area contributed by atoms with Gasteiger partial charge in [0.15, 0.2) is 0 Å². The molecule has 0 saturated carbocycles. The highest BCUT2D eigenvalue weighted by Crippen LogP contribution is 2.30. The maximum atomic E-state index is 13.1. The van der Waals surface area contributed by atoms with Gasteiger partial charge in [-0.1, -0.05) is 24.3 Å². The molecule has 4 nitrogen and oxygen atoms in total. The van der Waals surface area contributed by atoms with Crippen LogP contribution in [0.4, 0.5) is 0 Å². The van der Waals surface area contributed by atoms with Gasteiger partial charge in [0.05, 0.1) is 10.7 Å². The normalized spacial score (nSPS) is 20.2. The van der Waals surface area contributed by atoms with E-state index in [1.807, 2.05) is 49.9 Å². The molecule has 0 bridgehead atoms. The van der Waals surface area contributed by atoms with E-state index in [1.54, 1.807) is 0 Å². The number of benzene rings is 1. The summed E-state index contributed by atoms with van der Waals surface area (Å²) in [7, 11) is -3.03. The van der Waals surface area contributed by atoms with Gasteiger partial charge in [-0.15, -0.1) is 0 Å². The molecule has 0 spiro atoms. The minimum atomic E-state index is -3.03. The molecule has 0 aliphatic carbocycles. The number of hydrogen-bond donors (Lipinski definition) is 0. The molecule has 23 heavy (non-hydrogen) atoms. The van der Waals surface area contributed by atoms with E-state index in [4.69, 9.17) is 0 Å². The first-order chi connectivity index (χ1) is 10.6. The van der Waals surface area contributed by atoms with Crippen LogP contribution in [0.5, 0.6) is 0 Å². The molecule has 1 aliphatic rings.